The first-order valence-corrected chi connectivity index (χ1v) is 8.54. The molecule has 0 fully saturated rings. The van der Waals surface area contributed by atoms with Gasteiger partial charge in [0, 0.05) is 13.1 Å². The largest absolute Gasteiger partial charge is 0.368 e. The van der Waals surface area contributed by atoms with Crippen molar-refractivity contribution in [3.63, 3.8) is 0 Å². The van der Waals surface area contributed by atoms with Gasteiger partial charge >= 0.3 is 0 Å². The fourth-order valence-electron chi connectivity index (χ4n) is 1.86. The molecule has 1 heterocycles. The molecule has 0 unspecified atom stereocenters. The minimum atomic E-state index is -3.73. The summed E-state index contributed by atoms with van der Waals surface area (Å²) in [6.07, 6.45) is 0. The van der Waals surface area contributed by atoms with Gasteiger partial charge in [0.2, 0.25) is 17.8 Å². The van der Waals surface area contributed by atoms with Crippen molar-refractivity contribution < 1.29 is 8.42 Å². The number of rotatable bonds is 7. The maximum absolute atomic E-state index is 12.1. The maximum atomic E-state index is 12.1. The molecule has 0 aliphatic carbocycles. The number of hydrogen-bond acceptors (Lipinski definition) is 8. The molecule has 0 saturated heterocycles. The molecule has 0 radical (unpaired) electrons. The molecule has 0 atom stereocenters. The summed E-state index contributed by atoms with van der Waals surface area (Å²) in [6.45, 7) is 5.29. The van der Waals surface area contributed by atoms with Crippen LogP contribution < -0.4 is 20.9 Å². The lowest BCUT2D eigenvalue weighted by molar-refractivity contribution is 0.587. The van der Waals surface area contributed by atoms with Gasteiger partial charge in [-0.15, -0.1) is 4.83 Å². The third-order valence-electron chi connectivity index (χ3n) is 3.04. The molecule has 2 rings (SSSR count). The van der Waals surface area contributed by atoms with E-state index in [-0.39, 0.29) is 16.8 Å². The lowest BCUT2D eigenvalue weighted by Crippen LogP contribution is -2.31. The lowest BCUT2D eigenvalue weighted by atomic mass is 10.4. The molecule has 0 bridgehead atoms. The van der Waals surface area contributed by atoms with E-state index in [9.17, 15) is 8.42 Å². The third kappa shape index (κ3) is 4.27. The standard InChI is InChI=1S/C13H19N7O2S/c1-3-20(4-2)13-16-11(14)15-12(17-13)18-19-23(21,22)10-8-6-5-7-9-10/h5-9,19H,3-4H2,1-2H3,(H3,14,15,16,17,18). The van der Waals surface area contributed by atoms with Crippen LogP contribution in [0, 0.1) is 0 Å². The molecule has 23 heavy (non-hydrogen) atoms. The number of nitrogens with zero attached hydrogens (tertiary/aromatic N) is 4. The van der Waals surface area contributed by atoms with Crippen LogP contribution in [0.1, 0.15) is 13.8 Å². The van der Waals surface area contributed by atoms with E-state index < -0.39 is 10.0 Å². The molecule has 0 aliphatic heterocycles. The van der Waals surface area contributed by atoms with Crippen LogP contribution in [0.5, 0.6) is 0 Å². The van der Waals surface area contributed by atoms with E-state index >= 15 is 0 Å². The normalized spacial score (nSPS) is 11.2. The fourth-order valence-corrected chi connectivity index (χ4v) is 2.71. The quantitative estimate of drug-likeness (QED) is 0.627. The molecule has 124 valence electrons. The summed E-state index contributed by atoms with van der Waals surface area (Å²) < 4.78 is 24.3. The molecule has 0 aliphatic rings. The number of nitrogens with two attached hydrogens (primary N) is 1. The molecular formula is C13H19N7O2S. The molecule has 0 spiro atoms. The summed E-state index contributed by atoms with van der Waals surface area (Å²) in [5.41, 5.74) is 8.11. The van der Waals surface area contributed by atoms with Crippen LogP contribution in [0.3, 0.4) is 0 Å². The fraction of sp³-hybridized carbons (Fsp3) is 0.308. The number of benzene rings is 1. The highest BCUT2D eigenvalue weighted by Crippen LogP contribution is 2.12. The minimum absolute atomic E-state index is 0.00306. The van der Waals surface area contributed by atoms with E-state index in [1.165, 1.54) is 12.1 Å². The average molecular weight is 337 g/mol. The predicted molar refractivity (Wildman–Crippen MR) is 88.2 cm³/mol. The number of sulfonamides is 1. The Morgan fingerprint density at radius 2 is 1.74 bits per heavy atom. The van der Waals surface area contributed by atoms with Gasteiger partial charge in [-0.2, -0.15) is 15.0 Å². The zero-order chi connectivity index (χ0) is 16.9. The Bertz CT molecular complexity index is 748. The van der Waals surface area contributed by atoms with Crippen molar-refractivity contribution in [3.05, 3.63) is 30.3 Å². The summed E-state index contributed by atoms with van der Waals surface area (Å²) >= 11 is 0. The molecule has 2 aromatic rings. The summed E-state index contributed by atoms with van der Waals surface area (Å²) in [4.78, 5) is 16.3. The van der Waals surface area contributed by atoms with E-state index in [4.69, 9.17) is 5.73 Å². The second kappa shape index (κ2) is 7.20. The van der Waals surface area contributed by atoms with Gasteiger partial charge in [-0.25, -0.2) is 8.42 Å². The van der Waals surface area contributed by atoms with E-state index in [0.717, 1.165) is 0 Å². The van der Waals surface area contributed by atoms with Crippen LogP contribution in [0.2, 0.25) is 0 Å². The Labute approximate surface area is 135 Å². The van der Waals surface area contributed by atoms with E-state index in [1.54, 1.807) is 18.2 Å². The van der Waals surface area contributed by atoms with Gasteiger partial charge < -0.3 is 10.6 Å². The number of aromatic nitrogens is 3. The van der Waals surface area contributed by atoms with Gasteiger partial charge in [0.1, 0.15) is 0 Å². The van der Waals surface area contributed by atoms with Gasteiger partial charge in [0.25, 0.3) is 10.0 Å². The molecule has 1 aromatic heterocycles. The van der Waals surface area contributed by atoms with Crippen molar-refractivity contribution in [2.75, 3.05) is 29.1 Å². The third-order valence-corrected chi connectivity index (χ3v) is 4.30. The monoisotopic (exact) mass is 337 g/mol. The highest BCUT2D eigenvalue weighted by atomic mass is 32.2. The van der Waals surface area contributed by atoms with Crippen molar-refractivity contribution in [1.29, 1.82) is 0 Å². The molecule has 1 aromatic carbocycles. The van der Waals surface area contributed by atoms with Crippen LogP contribution in [-0.2, 0) is 10.0 Å². The summed E-state index contributed by atoms with van der Waals surface area (Å²) in [5.74, 6) is 0.408. The Morgan fingerprint density at radius 3 is 2.35 bits per heavy atom. The summed E-state index contributed by atoms with van der Waals surface area (Å²) in [6, 6.07) is 7.96. The highest BCUT2D eigenvalue weighted by molar-refractivity contribution is 7.89. The van der Waals surface area contributed by atoms with Crippen LogP contribution in [0.4, 0.5) is 17.8 Å². The zero-order valence-corrected chi connectivity index (χ0v) is 13.7. The summed E-state index contributed by atoms with van der Waals surface area (Å²) in [7, 11) is -3.73. The molecule has 10 heteroatoms. The zero-order valence-electron chi connectivity index (χ0n) is 12.9. The molecular weight excluding hydrogens is 318 g/mol. The van der Waals surface area contributed by atoms with Crippen LogP contribution >= 0.6 is 0 Å². The second-order valence-electron chi connectivity index (χ2n) is 4.53. The molecule has 0 saturated carbocycles. The first kappa shape index (κ1) is 16.9. The molecule has 0 amide bonds. The Hall–Kier alpha value is -2.46. The number of hydrogen-bond donors (Lipinski definition) is 3. The van der Waals surface area contributed by atoms with Crippen molar-refractivity contribution in [2.45, 2.75) is 18.7 Å². The van der Waals surface area contributed by atoms with Crippen LogP contribution in [0.25, 0.3) is 0 Å². The Balaban J connectivity index is 2.18. The van der Waals surface area contributed by atoms with E-state index in [0.29, 0.717) is 19.0 Å². The highest BCUT2D eigenvalue weighted by Gasteiger charge is 2.15. The SMILES string of the molecule is CCN(CC)c1nc(N)nc(NNS(=O)(=O)c2ccccc2)n1. The van der Waals surface area contributed by atoms with Gasteiger partial charge in [0.05, 0.1) is 4.90 Å². The molecule has 9 nitrogen and oxygen atoms in total. The topological polar surface area (TPSA) is 126 Å². The molecule has 4 N–H and O–H groups in total. The number of nitrogen functional groups attached to an aromatic ring is 1. The van der Waals surface area contributed by atoms with Gasteiger partial charge in [-0.05, 0) is 26.0 Å². The average Bonchev–Trinajstić information content (AvgIpc) is 2.55. The maximum Gasteiger partial charge on any atom is 0.257 e. The van der Waals surface area contributed by atoms with Crippen molar-refractivity contribution >= 4 is 27.9 Å². The van der Waals surface area contributed by atoms with E-state index in [2.05, 4.69) is 25.2 Å². The van der Waals surface area contributed by atoms with E-state index in [1.807, 2.05) is 18.7 Å². The Morgan fingerprint density at radius 1 is 1.09 bits per heavy atom. The van der Waals surface area contributed by atoms with Crippen molar-refractivity contribution in [3.8, 4) is 0 Å². The van der Waals surface area contributed by atoms with Crippen molar-refractivity contribution in [2.24, 2.45) is 0 Å². The number of anilines is 3. The second-order valence-corrected chi connectivity index (χ2v) is 6.22. The smallest absolute Gasteiger partial charge is 0.257 e. The predicted octanol–water partition coefficient (Wildman–Crippen LogP) is 0.605. The van der Waals surface area contributed by atoms with Gasteiger partial charge in [-0.1, -0.05) is 18.2 Å². The summed E-state index contributed by atoms with van der Waals surface area (Å²) in [5, 5.41) is 0. The van der Waals surface area contributed by atoms with Crippen molar-refractivity contribution in [1.82, 2.24) is 19.8 Å². The van der Waals surface area contributed by atoms with Gasteiger partial charge in [-0.3, -0.25) is 5.43 Å². The number of nitrogens with one attached hydrogen (secondary N) is 2. The number of hydrazine groups is 1. The first-order valence-electron chi connectivity index (χ1n) is 7.05. The van der Waals surface area contributed by atoms with Crippen LogP contribution in [0.15, 0.2) is 35.2 Å². The Kier molecular flexibility index (Phi) is 5.29. The lowest BCUT2D eigenvalue weighted by Gasteiger charge is -2.19. The van der Waals surface area contributed by atoms with Crippen LogP contribution in [-0.4, -0.2) is 36.5 Å². The van der Waals surface area contributed by atoms with Gasteiger partial charge in [0.15, 0.2) is 0 Å². The first-order chi connectivity index (χ1) is 11.0. The minimum Gasteiger partial charge on any atom is -0.368 e.